The molecule has 1 N–H and O–H groups in total. The molecule has 0 radical (unpaired) electrons. The second-order valence-electron chi connectivity index (χ2n) is 7.42. The van der Waals surface area contributed by atoms with Gasteiger partial charge < -0.3 is 19.7 Å². The Kier molecular flexibility index (Phi) is 5.67. The highest BCUT2D eigenvalue weighted by molar-refractivity contribution is 6.35. The summed E-state index contributed by atoms with van der Waals surface area (Å²) in [6, 6.07) is 13.8. The van der Waals surface area contributed by atoms with Crippen LogP contribution in [-0.2, 0) is 22.7 Å². The third kappa shape index (κ3) is 4.68. The van der Waals surface area contributed by atoms with Gasteiger partial charge in [-0.3, -0.25) is 14.5 Å². The van der Waals surface area contributed by atoms with E-state index >= 15 is 0 Å². The Morgan fingerprint density at radius 3 is 2.38 bits per heavy atom. The van der Waals surface area contributed by atoms with E-state index in [2.05, 4.69) is 10.2 Å². The van der Waals surface area contributed by atoms with E-state index in [0.29, 0.717) is 19.6 Å². The van der Waals surface area contributed by atoms with Crippen molar-refractivity contribution < 1.29 is 19.1 Å². The molecule has 0 spiro atoms. The summed E-state index contributed by atoms with van der Waals surface area (Å²) in [4.78, 5) is 28.5. The van der Waals surface area contributed by atoms with E-state index in [9.17, 15) is 9.59 Å². The quantitative estimate of drug-likeness (QED) is 0.798. The standard InChI is InChI=1S/C22H25N3O4/c1-16-2-4-17(5-3-16)13-23-21(26)22(27)25-10-8-24(9-11-25)14-18-6-7-19-20(12-18)29-15-28-19/h2-7,12H,8-11,13-15H2,1H3,(H,23,26). The highest BCUT2D eigenvalue weighted by atomic mass is 16.7. The smallest absolute Gasteiger partial charge is 0.311 e. The van der Waals surface area contributed by atoms with Crippen molar-refractivity contribution in [1.29, 1.82) is 0 Å². The number of benzene rings is 2. The Labute approximate surface area is 170 Å². The van der Waals surface area contributed by atoms with E-state index in [1.165, 1.54) is 0 Å². The fraction of sp³-hybridized carbons (Fsp3) is 0.364. The minimum atomic E-state index is -0.546. The summed E-state index contributed by atoms with van der Waals surface area (Å²) in [5.74, 6) is 0.553. The second-order valence-corrected chi connectivity index (χ2v) is 7.42. The molecule has 2 aromatic carbocycles. The van der Waals surface area contributed by atoms with Crippen molar-refractivity contribution in [3.8, 4) is 11.5 Å². The summed E-state index contributed by atoms with van der Waals surface area (Å²) in [5.41, 5.74) is 3.28. The number of rotatable bonds is 4. The Balaban J connectivity index is 1.23. The first-order valence-electron chi connectivity index (χ1n) is 9.82. The largest absolute Gasteiger partial charge is 0.454 e. The molecule has 0 aliphatic carbocycles. The van der Waals surface area contributed by atoms with Crippen LogP contribution in [0.5, 0.6) is 11.5 Å². The minimum absolute atomic E-state index is 0.269. The van der Waals surface area contributed by atoms with Gasteiger partial charge in [-0.25, -0.2) is 0 Å². The maximum atomic E-state index is 12.4. The van der Waals surface area contributed by atoms with E-state index in [4.69, 9.17) is 9.47 Å². The van der Waals surface area contributed by atoms with Gasteiger partial charge in [0.25, 0.3) is 0 Å². The van der Waals surface area contributed by atoms with Gasteiger partial charge >= 0.3 is 11.8 Å². The molecule has 0 saturated carbocycles. The van der Waals surface area contributed by atoms with E-state index in [1.54, 1.807) is 4.90 Å². The SMILES string of the molecule is Cc1ccc(CNC(=O)C(=O)N2CCN(Cc3ccc4c(c3)OCO4)CC2)cc1. The van der Waals surface area contributed by atoms with E-state index in [1.807, 2.05) is 49.4 Å². The molecule has 0 atom stereocenters. The van der Waals surface area contributed by atoms with Crippen LogP contribution in [0.3, 0.4) is 0 Å². The maximum absolute atomic E-state index is 12.4. The van der Waals surface area contributed by atoms with Gasteiger partial charge in [-0.1, -0.05) is 35.9 Å². The molecule has 152 valence electrons. The number of aryl methyl sites for hydroxylation is 1. The monoisotopic (exact) mass is 395 g/mol. The van der Waals surface area contributed by atoms with Gasteiger partial charge in [0.05, 0.1) is 0 Å². The Morgan fingerprint density at radius 1 is 0.931 bits per heavy atom. The molecule has 2 aliphatic rings. The van der Waals surface area contributed by atoms with Crippen molar-refractivity contribution in [1.82, 2.24) is 15.1 Å². The first-order chi connectivity index (χ1) is 14.1. The summed E-state index contributed by atoms with van der Waals surface area (Å²) in [6.45, 7) is 5.95. The molecule has 1 saturated heterocycles. The maximum Gasteiger partial charge on any atom is 0.311 e. The van der Waals surface area contributed by atoms with Crippen LogP contribution in [0, 0.1) is 6.92 Å². The van der Waals surface area contributed by atoms with Crippen LogP contribution < -0.4 is 14.8 Å². The third-order valence-corrected chi connectivity index (χ3v) is 5.27. The Morgan fingerprint density at radius 2 is 1.62 bits per heavy atom. The molecule has 7 nitrogen and oxygen atoms in total. The van der Waals surface area contributed by atoms with Crippen molar-refractivity contribution >= 4 is 11.8 Å². The number of piperazine rings is 1. The number of carbonyl (C=O) groups is 2. The van der Waals surface area contributed by atoms with Crippen LogP contribution in [0.2, 0.25) is 0 Å². The van der Waals surface area contributed by atoms with E-state index < -0.39 is 11.8 Å². The van der Waals surface area contributed by atoms with Crippen LogP contribution in [0.1, 0.15) is 16.7 Å². The van der Waals surface area contributed by atoms with Crippen LogP contribution >= 0.6 is 0 Å². The van der Waals surface area contributed by atoms with Gasteiger partial charge in [-0.05, 0) is 30.2 Å². The minimum Gasteiger partial charge on any atom is -0.454 e. The van der Waals surface area contributed by atoms with Gasteiger partial charge in [-0.2, -0.15) is 0 Å². The molecule has 29 heavy (non-hydrogen) atoms. The number of hydrogen-bond acceptors (Lipinski definition) is 5. The lowest BCUT2D eigenvalue weighted by Gasteiger charge is -2.34. The average molecular weight is 395 g/mol. The van der Waals surface area contributed by atoms with Gasteiger partial charge in [0.1, 0.15) is 0 Å². The third-order valence-electron chi connectivity index (χ3n) is 5.27. The van der Waals surface area contributed by atoms with Crippen molar-refractivity contribution in [2.45, 2.75) is 20.0 Å². The highest BCUT2D eigenvalue weighted by Crippen LogP contribution is 2.32. The highest BCUT2D eigenvalue weighted by Gasteiger charge is 2.26. The van der Waals surface area contributed by atoms with Gasteiger partial charge in [0.2, 0.25) is 6.79 Å². The normalized spacial score (nSPS) is 16.0. The van der Waals surface area contributed by atoms with Crippen molar-refractivity contribution in [2.24, 2.45) is 0 Å². The molecule has 2 aromatic rings. The lowest BCUT2D eigenvalue weighted by molar-refractivity contribution is -0.147. The van der Waals surface area contributed by atoms with E-state index in [0.717, 1.165) is 47.8 Å². The summed E-state index contributed by atoms with van der Waals surface area (Å²) in [6.07, 6.45) is 0. The van der Waals surface area contributed by atoms with Crippen LogP contribution in [-0.4, -0.2) is 54.6 Å². The molecule has 2 amide bonds. The Hall–Kier alpha value is -3.06. The second kappa shape index (κ2) is 8.53. The predicted octanol–water partition coefficient (Wildman–Crippen LogP) is 1.68. The molecule has 0 aromatic heterocycles. The van der Waals surface area contributed by atoms with Crippen LogP contribution in [0.15, 0.2) is 42.5 Å². The van der Waals surface area contributed by atoms with Gasteiger partial charge in [0.15, 0.2) is 11.5 Å². The summed E-state index contributed by atoms with van der Waals surface area (Å²) >= 11 is 0. The average Bonchev–Trinajstić information content (AvgIpc) is 3.21. The number of nitrogens with one attached hydrogen (secondary N) is 1. The van der Waals surface area contributed by atoms with Gasteiger partial charge in [0, 0.05) is 39.3 Å². The molecule has 0 bridgehead atoms. The summed E-state index contributed by atoms with van der Waals surface area (Å²) < 4.78 is 10.8. The predicted molar refractivity (Wildman–Crippen MR) is 107 cm³/mol. The van der Waals surface area contributed by atoms with Crippen molar-refractivity contribution in [3.63, 3.8) is 0 Å². The molecule has 1 fully saturated rings. The molecular weight excluding hydrogens is 370 g/mol. The molecule has 2 aliphatic heterocycles. The fourth-order valence-corrected chi connectivity index (χ4v) is 3.51. The van der Waals surface area contributed by atoms with Crippen LogP contribution in [0.4, 0.5) is 0 Å². The molecule has 4 rings (SSSR count). The number of ether oxygens (including phenoxy) is 2. The number of hydrogen-bond donors (Lipinski definition) is 1. The first kappa shape index (κ1) is 19.3. The zero-order chi connectivity index (χ0) is 20.2. The molecule has 7 heteroatoms. The summed E-state index contributed by atoms with van der Waals surface area (Å²) in [7, 11) is 0. The molecule has 0 unspecified atom stereocenters. The van der Waals surface area contributed by atoms with Crippen LogP contribution in [0.25, 0.3) is 0 Å². The van der Waals surface area contributed by atoms with Crippen molar-refractivity contribution in [2.75, 3.05) is 33.0 Å². The number of nitrogens with zero attached hydrogens (tertiary/aromatic N) is 2. The fourth-order valence-electron chi connectivity index (χ4n) is 3.51. The number of fused-ring (bicyclic) bond motifs is 1. The molecule has 2 heterocycles. The lowest BCUT2D eigenvalue weighted by atomic mass is 10.1. The van der Waals surface area contributed by atoms with Gasteiger partial charge in [-0.15, -0.1) is 0 Å². The van der Waals surface area contributed by atoms with E-state index in [-0.39, 0.29) is 6.79 Å². The zero-order valence-electron chi connectivity index (χ0n) is 16.5. The first-order valence-corrected chi connectivity index (χ1v) is 9.82. The topological polar surface area (TPSA) is 71.1 Å². The number of carbonyl (C=O) groups excluding carboxylic acids is 2. The Bertz CT molecular complexity index is 889. The zero-order valence-corrected chi connectivity index (χ0v) is 16.5. The summed E-state index contributed by atoms with van der Waals surface area (Å²) in [5, 5.41) is 2.72. The van der Waals surface area contributed by atoms with Crippen molar-refractivity contribution in [3.05, 3.63) is 59.2 Å². The number of amides is 2. The molecular formula is C22H25N3O4. The lowest BCUT2D eigenvalue weighted by Crippen LogP contribution is -2.52.